The van der Waals surface area contributed by atoms with Gasteiger partial charge >= 0.3 is 0 Å². The summed E-state index contributed by atoms with van der Waals surface area (Å²) in [5.41, 5.74) is 5.47. The number of nitrogen functional groups attached to an aromatic ring is 1. The largest absolute Gasteiger partial charge is 0.367 e. The number of amides is 1. The molecule has 7 heteroatoms. The molecule has 0 aromatic carbocycles. The molecular weight excluding hydrogens is 268 g/mol. The van der Waals surface area contributed by atoms with Crippen LogP contribution in [-0.4, -0.2) is 51.7 Å². The summed E-state index contributed by atoms with van der Waals surface area (Å²) in [6.07, 6.45) is 6.29. The Morgan fingerprint density at radius 2 is 2.10 bits per heavy atom. The molecule has 2 aliphatic rings. The summed E-state index contributed by atoms with van der Waals surface area (Å²) in [5, 5.41) is 10.2. The number of H-pyrrole nitrogens is 1. The van der Waals surface area contributed by atoms with Gasteiger partial charge in [-0.25, -0.2) is 0 Å². The summed E-state index contributed by atoms with van der Waals surface area (Å²) in [5.74, 6) is 1.83. The lowest BCUT2D eigenvalue weighted by molar-refractivity contribution is -0.139. The Bertz CT molecular complexity index is 476. The van der Waals surface area contributed by atoms with Crippen LogP contribution in [0.1, 0.15) is 37.9 Å². The van der Waals surface area contributed by atoms with E-state index in [2.05, 4.69) is 25.4 Å². The van der Waals surface area contributed by atoms with Crippen molar-refractivity contribution in [1.82, 2.24) is 25.4 Å². The van der Waals surface area contributed by atoms with Gasteiger partial charge in [-0.05, 0) is 25.7 Å². The van der Waals surface area contributed by atoms with Crippen LogP contribution in [0.15, 0.2) is 0 Å². The van der Waals surface area contributed by atoms with Crippen molar-refractivity contribution in [3.63, 3.8) is 0 Å². The lowest BCUT2D eigenvalue weighted by Gasteiger charge is -2.36. The first-order chi connectivity index (χ1) is 10.2. The van der Waals surface area contributed by atoms with Crippen molar-refractivity contribution in [2.24, 2.45) is 5.92 Å². The van der Waals surface area contributed by atoms with Gasteiger partial charge in [0.25, 0.3) is 0 Å². The average molecular weight is 292 g/mol. The Kier molecular flexibility index (Phi) is 4.38. The Labute approximate surface area is 124 Å². The molecule has 116 valence electrons. The zero-order chi connectivity index (χ0) is 14.7. The molecule has 1 aliphatic carbocycles. The quantitative estimate of drug-likeness (QED) is 0.725. The second-order valence-corrected chi connectivity index (χ2v) is 6.07. The smallest absolute Gasteiger partial charge is 0.239 e. The van der Waals surface area contributed by atoms with E-state index in [0.717, 1.165) is 57.6 Å². The second kappa shape index (κ2) is 6.43. The molecule has 1 aromatic heterocycles. The molecule has 0 atom stereocenters. The molecule has 0 radical (unpaired) electrons. The van der Waals surface area contributed by atoms with Crippen LogP contribution in [-0.2, 0) is 11.2 Å². The summed E-state index contributed by atoms with van der Waals surface area (Å²) < 4.78 is 0. The molecule has 1 aliphatic heterocycles. The van der Waals surface area contributed by atoms with Crippen LogP contribution < -0.4 is 11.1 Å². The van der Waals surface area contributed by atoms with Gasteiger partial charge in [-0.3, -0.25) is 9.89 Å². The van der Waals surface area contributed by atoms with Crippen molar-refractivity contribution in [2.45, 2.75) is 44.6 Å². The van der Waals surface area contributed by atoms with Gasteiger partial charge in [0.15, 0.2) is 0 Å². The number of hydrogen-bond donors (Lipinski definition) is 3. The van der Waals surface area contributed by atoms with Crippen molar-refractivity contribution in [2.75, 3.05) is 25.4 Å². The van der Waals surface area contributed by atoms with Gasteiger partial charge in [0.05, 0.1) is 0 Å². The van der Waals surface area contributed by atoms with E-state index in [0.29, 0.717) is 23.8 Å². The highest BCUT2D eigenvalue weighted by Gasteiger charge is 2.31. The molecule has 0 unspecified atom stereocenters. The van der Waals surface area contributed by atoms with E-state index in [-0.39, 0.29) is 0 Å². The van der Waals surface area contributed by atoms with Crippen LogP contribution in [0.3, 0.4) is 0 Å². The molecule has 21 heavy (non-hydrogen) atoms. The number of rotatable bonds is 5. The van der Waals surface area contributed by atoms with Crippen molar-refractivity contribution in [3.8, 4) is 0 Å². The fourth-order valence-electron chi connectivity index (χ4n) is 3.03. The summed E-state index contributed by atoms with van der Waals surface area (Å²) in [4.78, 5) is 18.3. The minimum atomic E-state index is 0.299. The molecule has 1 aromatic rings. The minimum absolute atomic E-state index is 0.299. The lowest BCUT2D eigenvalue weighted by atomic mass is 9.84. The number of aromatic amines is 1. The predicted molar refractivity (Wildman–Crippen MR) is 79.4 cm³/mol. The highest BCUT2D eigenvalue weighted by Crippen LogP contribution is 2.29. The maximum atomic E-state index is 12.2. The molecule has 1 saturated heterocycles. The van der Waals surface area contributed by atoms with Crippen LogP contribution in [0.4, 0.5) is 5.95 Å². The summed E-state index contributed by atoms with van der Waals surface area (Å²) in [6.45, 7) is 2.64. The van der Waals surface area contributed by atoms with E-state index in [1.807, 2.05) is 0 Å². The third-order valence-electron chi connectivity index (χ3n) is 4.60. The monoisotopic (exact) mass is 292 g/mol. The number of carbonyl (C=O) groups excluding carboxylic acids is 1. The van der Waals surface area contributed by atoms with Gasteiger partial charge < -0.3 is 16.0 Å². The highest BCUT2D eigenvalue weighted by atomic mass is 16.2. The van der Waals surface area contributed by atoms with Gasteiger partial charge in [-0.15, -0.1) is 5.10 Å². The van der Waals surface area contributed by atoms with Gasteiger partial charge in [0, 0.05) is 38.0 Å². The molecule has 1 amide bonds. The lowest BCUT2D eigenvalue weighted by Crippen LogP contribution is -2.48. The third-order valence-corrected chi connectivity index (χ3v) is 4.60. The standard InChI is InChI=1S/C14H24N6O/c15-14-17-12(18-19-14)4-7-16-11-5-8-20(9-6-11)13(21)10-2-1-3-10/h10-11,16H,1-9H2,(H3,15,17,18,19). The number of nitrogens with one attached hydrogen (secondary N) is 2. The number of nitrogens with two attached hydrogens (primary N) is 1. The molecular formula is C14H24N6O. The Hall–Kier alpha value is -1.63. The number of piperidine rings is 1. The van der Waals surface area contributed by atoms with Crippen molar-refractivity contribution in [3.05, 3.63) is 5.82 Å². The van der Waals surface area contributed by atoms with E-state index >= 15 is 0 Å². The number of hydrogen-bond acceptors (Lipinski definition) is 5. The van der Waals surface area contributed by atoms with Gasteiger partial charge in [-0.1, -0.05) is 6.42 Å². The first kappa shape index (κ1) is 14.3. The molecule has 3 rings (SSSR count). The maximum absolute atomic E-state index is 12.2. The minimum Gasteiger partial charge on any atom is -0.367 e. The topological polar surface area (TPSA) is 99.9 Å². The number of likely N-dealkylation sites (tertiary alicyclic amines) is 1. The number of aromatic nitrogens is 3. The van der Waals surface area contributed by atoms with E-state index in [1.54, 1.807) is 0 Å². The molecule has 0 bridgehead atoms. The zero-order valence-electron chi connectivity index (χ0n) is 12.3. The molecule has 0 spiro atoms. The first-order valence-corrected chi connectivity index (χ1v) is 7.91. The maximum Gasteiger partial charge on any atom is 0.239 e. The zero-order valence-corrected chi connectivity index (χ0v) is 12.3. The van der Waals surface area contributed by atoms with E-state index in [1.165, 1.54) is 6.42 Å². The fraction of sp³-hybridized carbons (Fsp3) is 0.786. The third kappa shape index (κ3) is 3.53. The summed E-state index contributed by atoms with van der Waals surface area (Å²) in [7, 11) is 0. The molecule has 2 fully saturated rings. The van der Waals surface area contributed by atoms with Gasteiger partial charge in [-0.2, -0.15) is 4.98 Å². The van der Waals surface area contributed by atoms with Gasteiger partial charge in [0.1, 0.15) is 5.82 Å². The summed E-state index contributed by atoms with van der Waals surface area (Å²) >= 11 is 0. The second-order valence-electron chi connectivity index (χ2n) is 6.07. The predicted octanol–water partition coefficient (Wildman–Crippen LogP) is 0.310. The Morgan fingerprint density at radius 1 is 1.33 bits per heavy atom. The van der Waals surface area contributed by atoms with E-state index < -0.39 is 0 Å². The van der Waals surface area contributed by atoms with E-state index in [9.17, 15) is 4.79 Å². The highest BCUT2D eigenvalue weighted by molar-refractivity contribution is 5.79. The van der Waals surface area contributed by atoms with Crippen LogP contribution in [0.5, 0.6) is 0 Å². The fourth-order valence-corrected chi connectivity index (χ4v) is 3.03. The van der Waals surface area contributed by atoms with Gasteiger partial charge in [0.2, 0.25) is 11.9 Å². The molecule has 7 nitrogen and oxygen atoms in total. The molecule has 1 saturated carbocycles. The van der Waals surface area contributed by atoms with Crippen LogP contribution in [0.25, 0.3) is 0 Å². The SMILES string of the molecule is Nc1n[nH]c(CCNC2CCN(C(=O)C3CCC3)CC2)n1. The van der Waals surface area contributed by atoms with Crippen LogP contribution in [0.2, 0.25) is 0 Å². The summed E-state index contributed by atoms with van der Waals surface area (Å²) in [6, 6.07) is 0.496. The Morgan fingerprint density at radius 3 is 2.67 bits per heavy atom. The normalized spacial score (nSPS) is 20.5. The molecule has 2 heterocycles. The molecule has 4 N–H and O–H groups in total. The van der Waals surface area contributed by atoms with Crippen molar-refractivity contribution < 1.29 is 4.79 Å². The number of nitrogens with zero attached hydrogens (tertiary/aromatic N) is 3. The number of anilines is 1. The Balaban J connectivity index is 1.34. The van der Waals surface area contributed by atoms with Crippen LogP contribution >= 0.6 is 0 Å². The van der Waals surface area contributed by atoms with E-state index in [4.69, 9.17) is 5.73 Å². The van der Waals surface area contributed by atoms with Crippen molar-refractivity contribution in [1.29, 1.82) is 0 Å². The average Bonchev–Trinajstić information content (AvgIpc) is 2.83. The number of carbonyl (C=O) groups is 1. The van der Waals surface area contributed by atoms with Crippen molar-refractivity contribution >= 4 is 11.9 Å². The first-order valence-electron chi connectivity index (χ1n) is 7.91. The van der Waals surface area contributed by atoms with Crippen LogP contribution in [0, 0.1) is 5.92 Å².